The lowest BCUT2D eigenvalue weighted by Gasteiger charge is -2.29. The van der Waals surface area contributed by atoms with E-state index in [0.717, 1.165) is 60.0 Å². The van der Waals surface area contributed by atoms with Gasteiger partial charge in [0.2, 0.25) is 0 Å². The van der Waals surface area contributed by atoms with E-state index >= 15 is 0 Å². The van der Waals surface area contributed by atoms with Gasteiger partial charge in [-0.3, -0.25) is 4.79 Å². The summed E-state index contributed by atoms with van der Waals surface area (Å²) in [6.07, 6.45) is 3.52. The fraction of sp³-hybridized carbons (Fsp3) is 0.167. The van der Waals surface area contributed by atoms with Crippen molar-refractivity contribution in [2.75, 3.05) is 36.4 Å². The Bertz CT molecular complexity index is 1540. The third kappa shape index (κ3) is 5.21. The van der Waals surface area contributed by atoms with Crippen molar-refractivity contribution >= 4 is 22.9 Å². The number of rotatable bonds is 7. The van der Waals surface area contributed by atoms with Crippen LogP contribution in [-0.2, 0) is 6.61 Å². The van der Waals surface area contributed by atoms with Crippen LogP contribution in [0.4, 0.5) is 11.4 Å². The molecule has 2 N–H and O–H groups in total. The Kier molecular flexibility index (Phi) is 6.70. The molecule has 8 nitrogen and oxygen atoms in total. The zero-order valence-corrected chi connectivity index (χ0v) is 20.9. The number of benzene rings is 3. The number of carbonyl (C=O) groups is 1. The molecule has 1 amide bonds. The van der Waals surface area contributed by atoms with Gasteiger partial charge in [0.1, 0.15) is 18.1 Å². The van der Waals surface area contributed by atoms with Gasteiger partial charge in [-0.1, -0.05) is 48.5 Å². The normalized spacial score (nSPS) is 13.4. The summed E-state index contributed by atoms with van der Waals surface area (Å²) in [7, 11) is 0. The first-order valence-electron chi connectivity index (χ1n) is 12.7. The van der Waals surface area contributed by atoms with Crippen LogP contribution in [0.3, 0.4) is 0 Å². The van der Waals surface area contributed by atoms with Gasteiger partial charge in [-0.05, 0) is 47.5 Å². The monoisotopic (exact) mass is 504 g/mol. The highest BCUT2D eigenvalue weighted by Crippen LogP contribution is 2.26. The Hall–Kier alpha value is -4.69. The van der Waals surface area contributed by atoms with Gasteiger partial charge in [-0.15, -0.1) is 0 Å². The molecule has 2 aromatic heterocycles. The first-order valence-corrected chi connectivity index (χ1v) is 12.7. The number of fused-ring (bicyclic) bond motifs is 1. The van der Waals surface area contributed by atoms with Crippen LogP contribution in [0.5, 0.6) is 5.75 Å². The molecule has 1 fully saturated rings. The number of carbonyl (C=O) groups excluding carboxylic acids is 1. The van der Waals surface area contributed by atoms with Gasteiger partial charge < -0.3 is 20.3 Å². The van der Waals surface area contributed by atoms with Crippen molar-refractivity contribution < 1.29 is 9.53 Å². The standard InChI is InChI=1S/C30H28N6O2/c37-30(33-24-7-4-8-25(19-24)35-17-14-31-15-18-35)28-13-16-36-29(34-28)27(20-32-36)23-9-11-26(12-10-23)38-21-22-5-2-1-3-6-22/h1-13,16,19-20,31H,14-15,17-18,21H2,(H,33,37). The van der Waals surface area contributed by atoms with Gasteiger partial charge in [0, 0.05) is 49.3 Å². The van der Waals surface area contributed by atoms with Crippen LogP contribution in [-0.4, -0.2) is 46.7 Å². The Labute approximate surface area is 220 Å². The summed E-state index contributed by atoms with van der Waals surface area (Å²) < 4.78 is 7.59. The van der Waals surface area contributed by atoms with Crippen molar-refractivity contribution in [2.24, 2.45) is 0 Å². The lowest BCUT2D eigenvalue weighted by molar-refractivity contribution is 0.102. The number of anilines is 2. The summed E-state index contributed by atoms with van der Waals surface area (Å²) in [5.41, 5.74) is 5.69. The molecule has 5 aromatic rings. The Morgan fingerprint density at radius 1 is 0.947 bits per heavy atom. The maximum Gasteiger partial charge on any atom is 0.274 e. The fourth-order valence-corrected chi connectivity index (χ4v) is 4.57. The smallest absolute Gasteiger partial charge is 0.274 e. The van der Waals surface area contributed by atoms with E-state index in [9.17, 15) is 4.79 Å². The summed E-state index contributed by atoms with van der Waals surface area (Å²) in [5.74, 6) is 0.520. The van der Waals surface area contributed by atoms with Crippen LogP contribution in [0.1, 0.15) is 16.1 Å². The van der Waals surface area contributed by atoms with Gasteiger partial charge in [-0.2, -0.15) is 5.10 Å². The number of nitrogens with one attached hydrogen (secondary N) is 2. The van der Waals surface area contributed by atoms with Gasteiger partial charge in [0.25, 0.3) is 5.91 Å². The van der Waals surface area contributed by atoms with E-state index in [-0.39, 0.29) is 5.91 Å². The molecule has 0 bridgehead atoms. The Morgan fingerprint density at radius 3 is 2.58 bits per heavy atom. The lowest BCUT2D eigenvalue weighted by Crippen LogP contribution is -2.43. The minimum atomic E-state index is -0.262. The molecule has 0 spiro atoms. The topological polar surface area (TPSA) is 83.8 Å². The third-order valence-corrected chi connectivity index (χ3v) is 6.60. The number of hydrogen-bond donors (Lipinski definition) is 2. The molecule has 1 aliphatic heterocycles. The van der Waals surface area contributed by atoms with Crippen molar-refractivity contribution in [3.63, 3.8) is 0 Å². The van der Waals surface area contributed by atoms with Crippen molar-refractivity contribution in [2.45, 2.75) is 6.61 Å². The number of hydrogen-bond acceptors (Lipinski definition) is 6. The maximum absolute atomic E-state index is 13.1. The molecule has 1 aliphatic rings. The van der Waals surface area contributed by atoms with Crippen LogP contribution >= 0.6 is 0 Å². The average molecular weight is 505 g/mol. The predicted octanol–water partition coefficient (Wildman–Crippen LogP) is 4.64. The van der Waals surface area contributed by atoms with Crippen LogP contribution in [0, 0.1) is 0 Å². The largest absolute Gasteiger partial charge is 0.489 e. The molecular weight excluding hydrogens is 476 g/mol. The summed E-state index contributed by atoms with van der Waals surface area (Å²) in [6, 6.07) is 27.5. The van der Waals surface area contributed by atoms with Crippen LogP contribution < -0.4 is 20.3 Å². The number of piperazine rings is 1. The number of aromatic nitrogens is 3. The summed E-state index contributed by atoms with van der Waals surface area (Å²) in [5, 5.41) is 10.8. The molecule has 0 radical (unpaired) electrons. The number of amides is 1. The second kappa shape index (κ2) is 10.7. The van der Waals surface area contributed by atoms with Gasteiger partial charge in [0.15, 0.2) is 5.65 Å². The minimum absolute atomic E-state index is 0.262. The minimum Gasteiger partial charge on any atom is -0.489 e. The van der Waals surface area contributed by atoms with E-state index < -0.39 is 0 Å². The molecule has 0 atom stereocenters. The Morgan fingerprint density at radius 2 is 1.76 bits per heavy atom. The van der Waals surface area contributed by atoms with Gasteiger partial charge in [0.05, 0.1) is 6.20 Å². The molecule has 3 heterocycles. The maximum atomic E-state index is 13.1. The second-order valence-electron chi connectivity index (χ2n) is 9.18. The highest BCUT2D eigenvalue weighted by molar-refractivity contribution is 6.03. The SMILES string of the molecule is O=C(Nc1cccc(N2CCNCC2)c1)c1ccn2ncc(-c3ccc(OCc4ccccc4)cc3)c2n1. The highest BCUT2D eigenvalue weighted by Gasteiger charge is 2.15. The Balaban J connectivity index is 1.18. The van der Waals surface area contributed by atoms with E-state index in [1.807, 2.05) is 72.8 Å². The third-order valence-electron chi connectivity index (χ3n) is 6.60. The quantitative estimate of drug-likeness (QED) is 0.336. The van der Waals surface area contributed by atoms with Gasteiger partial charge in [-0.25, -0.2) is 9.50 Å². The van der Waals surface area contributed by atoms with E-state index in [1.54, 1.807) is 23.0 Å². The highest BCUT2D eigenvalue weighted by atomic mass is 16.5. The van der Waals surface area contributed by atoms with Crippen LogP contribution in [0.15, 0.2) is 97.3 Å². The molecule has 3 aromatic carbocycles. The molecule has 8 heteroatoms. The second-order valence-corrected chi connectivity index (χ2v) is 9.18. The lowest BCUT2D eigenvalue weighted by atomic mass is 10.1. The number of nitrogens with zero attached hydrogens (tertiary/aromatic N) is 4. The summed E-state index contributed by atoms with van der Waals surface area (Å²) >= 11 is 0. The molecule has 1 saturated heterocycles. The fourth-order valence-electron chi connectivity index (χ4n) is 4.57. The summed E-state index contributed by atoms with van der Waals surface area (Å²) in [6.45, 7) is 4.31. The first kappa shape index (κ1) is 23.7. The van der Waals surface area contributed by atoms with Crippen LogP contribution in [0.25, 0.3) is 16.8 Å². The van der Waals surface area contributed by atoms with Crippen molar-refractivity contribution in [3.8, 4) is 16.9 Å². The van der Waals surface area contributed by atoms with Crippen molar-refractivity contribution in [3.05, 3.63) is 109 Å². The number of ether oxygens (including phenoxy) is 1. The molecule has 38 heavy (non-hydrogen) atoms. The van der Waals surface area contributed by atoms with E-state index in [4.69, 9.17) is 4.74 Å². The van der Waals surface area contributed by atoms with E-state index in [1.165, 1.54) is 0 Å². The van der Waals surface area contributed by atoms with E-state index in [0.29, 0.717) is 17.9 Å². The average Bonchev–Trinajstić information content (AvgIpc) is 3.41. The van der Waals surface area contributed by atoms with Gasteiger partial charge >= 0.3 is 0 Å². The molecule has 0 aliphatic carbocycles. The molecule has 0 saturated carbocycles. The van der Waals surface area contributed by atoms with Crippen molar-refractivity contribution in [1.29, 1.82) is 0 Å². The molecule has 190 valence electrons. The zero-order chi connectivity index (χ0) is 25.7. The molecule has 6 rings (SSSR count). The zero-order valence-electron chi connectivity index (χ0n) is 20.9. The first-order chi connectivity index (χ1) is 18.7. The predicted molar refractivity (Wildman–Crippen MR) is 149 cm³/mol. The summed E-state index contributed by atoms with van der Waals surface area (Å²) in [4.78, 5) is 20.1. The molecule has 0 unspecified atom stereocenters. The van der Waals surface area contributed by atoms with E-state index in [2.05, 4.69) is 31.7 Å². The molecular formula is C30H28N6O2. The van der Waals surface area contributed by atoms with Crippen molar-refractivity contribution in [1.82, 2.24) is 19.9 Å². The van der Waals surface area contributed by atoms with Crippen LogP contribution in [0.2, 0.25) is 0 Å².